The fraction of sp³-hybridized carbons (Fsp3) is 0.391. The lowest BCUT2D eigenvalue weighted by atomic mass is 10.0. The van der Waals surface area contributed by atoms with Crippen molar-refractivity contribution in [3.63, 3.8) is 0 Å². The van der Waals surface area contributed by atoms with Gasteiger partial charge < -0.3 is 9.47 Å². The maximum Gasteiger partial charge on any atom is 0.416 e. The predicted molar refractivity (Wildman–Crippen MR) is 118 cm³/mol. The fourth-order valence-electron chi connectivity index (χ4n) is 3.12. The van der Waals surface area contributed by atoms with Crippen LogP contribution >= 0.6 is 0 Å². The normalized spacial score (nSPS) is 12.9. The van der Waals surface area contributed by atoms with Crippen molar-refractivity contribution in [3.8, 4) is 5.75 Å². The molecule has 0 aromatic heterocycles. The van der Waals surface area contributed by atoms with E-state index in [9.17, 15) is 31.2 Å². The van der Waals surface area contributed by atoms with Crippen LogP contribution in [0.3, 0.4) is 0 Å². The molecule has 11 heteroatoms. The number of hydrogen-bond acceptors (Lipinski definition) is 6. The van der Waals surface area contributed by atoms with Crippen LogP contribution in [0.1, 0.15) is 48.7 Å². The molecule has 0 unspecified atom stereocenters. The van der Waals surface area contributed by atoms with E-state index in [1.807, 2.05) is 0 Å². The van der Waals surface area contributed by atoms with Crippen molar-refractivity contribution >= 4 is 21.8 Å². The quantitative estimate of drug-likeness (QED) is 0.384. The highest BCUT2D eigenvalue weighted by Crippen LogP contribution is 2.30. The molecule has 0 amide bonds. The van der Waals surface area contributed by atoms with Crippen LogP contribution in [0.25, 0.3) is 0 Å². The van der Waals surface area contributed by atoms with Crippen LogP contribution in [0, 0.1) is 5.92 Å². The van der Waals surface area contributed by atoms with Crippen LogP contribution in [-0.2, 0) is 32.3 Å². The highest BCUT2D eigenvalue weighted by Gasteiger charge is 2.33. The summed E-state index contributed by atoms with van der Waals surface area (Å²) in [6.07, 6.45) is -4.68. The number of halogens is 3. The van der Waals surface area contributed by atoms with Gasteiger partial charge in [0.1, 0.15) is 18.4 Å². The molecule has 0 aliphatic rings. The zero-order valence-corrected chi connectivity index (χ0v) is 19.9. The molecule has 0 aliphatic heterocycles. The topological polar surface area (TPSA) is 98.8 Å². The van der Waals surface area contributed by atoms with Gasteiger partial charge in [-0.25, -0.2) is 8.42 Å². The van der Waals surface area contributed by atoms with E-state index in [4.69, 9.17) is 9.47 Å². The third-order valence-electron chi connectivity index (χ3n) is 4.82. The van der Waals surface area contributed by atoms with Gasteiger partial charge in [0.25, 0.3) is 0 Å². The van der Waals surface area contributed by atoms with Crippen molar-refractivity contribution in [2.75, 3.05) is 7.11 Å². The number of sulfonamides is 1. The Morgan fingerprint density at radius 3 is 2.32 bits per heavy atom. The van der Waals surface area contributed by atoms with E-state index in [-0.39, 0.29) is 24.7 Å². The van der Waals surface area contributed by atoms with Gasteiger partial charge in [-0.05, 0) is 55.7 Å². The Kier molecular flexibility index (Phi) is 8.84. The van der Waals surface area contributed by atoms with Crippen LogP contribution in [0.15, 0.2) is 47.4 Å². The molecular weight excluding hydrogens is 475 g/mol. The number of ether oxygens (including phenoxy) is 2. The van der Waals surface area contributed by atoms with Crippen molar-refractivity contribution in [3.05, 3.63) is 59.2 Å². The summed E-state index contributed by atoms with van der Waals surface area (Å²) >= 11 is 0. The molecule has 0 radical (unpaired) electrons. The molecule has 2 aromatic carbocycles. The van der Waals surface area contributed by atoms with Crippen LogP contribution in [0.4, 0.5) is 13.2 Å². The van der Waals surface area contributed by atoms with Crippen molar-refractivity contribution in [2.45, 2.75) is 50.9 Å². The number of methoxy groups -OCH3 is 1. The molecule has 0 saturated carbocycles. The molecular formula is C23H26F3NO6S. The van der Waals surface area contributed by atoms with E-state index in [1.165, 1.54) is 20.1 Å². The molecule has 0 spiro atoms. The number of Topliss-reactive ketones (excluding diaryl/α,β-unsaturated/α-hetero) is 1. The summed E-state index contributed by atoms with van der Waals surface area (Å²) in [4.78, 5) is 23.8. The first-order valence-electron chi connectivity index (χ1n) is 10.3. The molecule has 1 N–H and O–H groups in total. The lowest BCUT2D eigenvalue weighted by Crippen LogP contribution is -2.42. The molecule has 0 fully saturated rings. The largest absolute Gasteiger partial charge is 0.496 e. The van der Waals surface area contributed by atoms with Crippen molar-refractivity contribution < 1.29 is 40.7 Å². The number of esters is 1. The second kappa shape index (κ2) is 11.0. The van der Waals surface area contributed by atoms with Gasteiger partial charge in [0, 0.05) is 11.1 Å². The van der Waals surface area contributed by atoms with E-state index in [0.29, 0.717) is 22.9 Å². The average molecular weight is 502 g/mol. The second-order valence-electron chi connectivity index (χ2n) is 8.02. The Labute approximate surface area is 196 Å². The van der Waals surface area contributed by atoms with Crippen molar-refractivity contribution in [2.24, 2.45) is 5.92 Å². The Hall–Kier alpha value is -2.92. The Morgan fingerprint density at radius 2 is 1.76 bits per heavy atom. The van der Waals surface area contributed by atoms with Gasteiger partial charge in [-0.15, -0.1) is 0 Å². The Bertz CT molecular complexity index is 1150. The number of benzene rings is 2. The van der Waals surface area contributed by atoms with Gasteiger partial charge in [-0.1, -0.05) is 19.9 Å². The lowest BCUT2D eigenvalue weighted by molar-refractivity contribution is -0.147. The van der Waals surface area contributed by atoms with Crippen molar-refractivity contribution in [1.82, 2.24) is 4.72 Å². The SMILES string of the molecule is COc1ccc(C(C)=O)cc1COC(=O)[C@H](CC(C)C)NS(=O)(=O)c1cccc(C(F)(F)F)c1. The van der Waals surface area contributed by atoms with Crippen LogP contribution in [-0.4, -0.2) is 33.3 Å². The first-order chi connectivity index (χ1) is 15.7. The number of ketones is 1. The van der Waals surface area contributed by atoms with Gasteiger partial charge in [-0.2, -0.15) is 17.9 Å². The molecule has 0 bridgehead atoms. The first-order valence-corrected chi connectivity index (χ1v) is 11.8. The summed E-state index contributed by atoms with van der Waals surface area (Å²) in [6, 6.07) is 6.48. The summed E-state index contributed by atoms with van der Waals surface area (Å²) in [5.41, 5.74) is -0.362. The maximum absolute atomic E-state index is 13.0. The average Bonchev–Trinajstić information content (AvgIpc) is 2.75. The summed E-state index contributed by atoms with van der Waals surface area (Å²) in [6.45, 7) is 4.57. The van der Waals surface area contributed by atoms with E-state index in [0.717, 1.165) is 18.2 Å². The minimum Gasteiger partial charge on any atom is -0.496 e. The summed E-state index contributed by atoms with van der Waals surface area (Å²) in [5.74, 6) is -0.901. The summed E-state index contributed by atoms with van der Waals surface area (Å²) in [5, 5.41) is 0. The molecule has 2 rings (SSSR count). The Morgan fingerprint density at radius 1 is 1.09 bits per heavy atom. The number of carbonyl (C=O) groups excluding carboxylic acids is 2. The standard InChI is InChI=1S/C23H26F3NO6S/c1-14(2)10-20(27-34(30,31)19-7-5-6-18(12-19)23(24,25)26)22(29)33-13-17-11-16(15(3)28)8-9-21(17)32-4/h5-9,11-12,14,20,27H,10,13H2,1-4H3/t20-/m0/s1. The minimum absolute atomic E-state index is 0.0433. The maximum atomic E-state index is 13.0. The van der Waals surface area contributed by atoms with E-state index >= 15 is 0 Å². The van der Waals surface area contributed by atoms with E-state index < -0.39 is 38.7 Å². The third-order valence-corrected chi connectivity index (χ3v) is 6.29. The van der Waals surface area contributed by atoms with Gasteiger partial charge in [0.05, 0.1) is 17.6 Å². The second-order valence-corrected chi connectivity index (χ2v) is 9.73. The molecule has 186 valence electrons. The van der Waals surface area contributed by atoms with E-state index in [1.54, 1.807) is 26.0 Å². The molecule has 0 saturated heterocycles. The van der Waals surface area contributed by atoms with Gasteiger partial charge >= 0.3 is 12.1 Å². The minimum atomic E-state index is -4.73. The molecule has 34 heavy (non-hydrogen) atoms. The zero-order valence-electron chi connectivity index (χ0n) is 19.1. The van der Waals surface area contributed by atoms with Crippen LogP contribution < -0.4 is 9.46 Å². The van der Waals surface area contributed by atoms with Crippen molar-refractivity contribution in [1.29, 1.82) is 0 Å². The Balaban J connectivity index is 2.25. The molecule has 0 heterocycles. The molecule has 1 atom stereocenters. The number of carbonyl (C=O) groups is 2. The monoisotopic (exact) mass is 501 g/mol. The highest BCUT2D eigenvalue weighted by atomic mass is 32.2. The zero-order chi connectivity index (χ0) is 25.7. The van der Waals surface area contributed by atoms with Gasteiger partial charge in [0.15, 0.2) is 5.78 Å². The predicted octanol–water partition coefficient (Wildman–Crippen LogP) is 4.35. The number of rotatable bonds is 10. The molecule has 0 aliphatic carbocycles. The van der Waals surface area contributed by atoms with Gasteiger partial charge in [0.2, 0.25) is 10.0 Å². The fourth-order valence-corrected chi connectivity index (χ4v) is 4.36. The van der Waals surface area contributed by atoms with Crippen LogP contribution in [0.5, 0.6) is 5.75 Å². The number of alkyl halides is 3. The lowest BCUT2D eigenvalue weighted by Gasteiger charge is -2.20. The number of hydrogen-bond donors (Lipinski definition) is 1. The van der Waals surface area contributed by atoms with Crippen LogP contribution in [0.2, 0.25) is 0 Å². The molecule has 2 aromatic rings. The summed E-state index contributed by atoms with van der Waals surface area (Å²) < 4.78 is 77.2. The smallest absolute Gasteiger partial charge is 0.416 e. The summed E-state index contributed by atoms with van der Waals surface area (Å²) in [7, 11) is -3.07. The first kappa shape index (κ1) is 27.3. The highest BCUT2D eigenvalue weighted by molar-refractivity contribution is 7.89. The van der Waals surface area contributed by atoms with Gasteiger partial charge in [-0.3, -0.25) is 9.59 Å². The van der Waals surface area contributed by atoms with E-state index in [2.05, 4.69) is 4.72 Å². The molecule has 7 nitrogen and oxygen atoms in total. The third kappa shape index (κ3) is 7.29. The number of nitrogens with one attached hydrogen (secondary N) is 1.